The number of halogens is 6. The number of alkyl halides is 6. The Morgan fingerprint density at radius 3 is 2.00 bits per heavy atom. The van der Waals surface area contributed by atoms with Crippen molar-refractivity contribution >= 4 is 17.3 Å². The molecule has 2 aromatic carbocycles. The van der Waals surface area contributed by atoms with Gasteiger partial charge in [-0.1, -0.05) is 0 Å². The first-order valence-corrected chi connectivity index (χ1v) is 8.64. The van der Waals surface area contributed by atoms with Gasteiger partial charge < -0.3 is 15.4 Å². The highest BCUT2D eigenvalue weighted by molar-refractivity contribution is 6.06. The lowest BCUT2D eigenvalue weighted by Gasteiger charge is -2.14. The molecule has 2 N–H and O–H groups in total. The van der Waals surface area contributed by atoms with Gasteiger partial charge in [-0.05, 0) is 49.4 Å². The molecule has 0 aliphatic rings. The monoisotopic (exact) mass is 443 g/mol. The van der Waals surface area contributed by atoms with E-state index in [1.54, 1.807) is 19.1 Å². The zero-order chi connectivity index (χ0) is 23.2. The molecule has 0 heterocycles. The molecular formula is C20H15F6N3O2. The fraction of sp³-hybridized carbons (Fsp3) is 0.200. The number of carbonyl (C=O) groups excluding carboxylic acids is 1. The summed E-state index contributed by atoms with van der Waals surface area (Å²) in [5, 5.41) is 13.7. The van der Waals surface area contributed by atoms with Gasteiger partial charge in [0.05, 0.1) is 17.7 Å². The second-order valence-electron chi connectivity index (χ2n) is 6.02. The average molecular weight is 443 g/mol. The number of hydrogen-bond donors (Lipinski definition) is 2. The Kier molecular flexibility index (Phi) is 7.17. The summed E-state index contributed by atoms with van der Waals surface area (Å²) in [5.74, 6) is -0.370. The molecule has 31 heavy (non-hydrogen) atoms. The maximum absolute atomic E-state index is 12.9. The molecule has 0 bridgehead atoms. The van der Waals surface area contributed by atoms with Gasteiger partial charge in [-0.15, -0.1) is 0 Å². The van der Waals surface area contributed by atoms with E-state index in [9.17, 15) is 31.1 Å². The molecule has 0 radical (unpaired) electrons. The van der Waals surface area contributed by atoms with Crippen LogP contribution in [0.1, 0.15) is 18.1 Å². The van der Waals surface area contributed by atoms with Gasteiger partial charge in [-0.25, -0.2) is 0 Å². The number of nitrogens with one attached hydrogen (secondary N) is 2. The Balaban J connectivity index is 2.23. The quantitative estimate of drug-likeness (QED) is 0.347. The SMILES string of the molecule is CCOc1ccc(NC(=O)/C(C#N)=C\Nc2cc(C(F)(F)F)cc(C(F)(F)F)c2)cc1. The number of benzene rings is 2. The summed E-state index contributed by atoms with van der Waals surface area (Å²) >= 11 is 0. The minimum atomic E-state index is -5.02. The van der Waals surface area contributed by atoms with Crippen LogP contribution in [0.3, 0.4) is 0 Å². The number of hydrogen-bond acceptors (Lipinski definition) is 4. The van der Waals surface area contributed by atoms with E-state index in [-0.39, 0.29) is 6.07 Å². The molecule has 5 nitrogen and oxygen atoms in total. The molecular weight excluding hydrogens is 428 g/mol. The normalized spacial score (nSPS) is 12.1. The van der Waals surface area contributed by atoms with E-state index in [1.165, 1.54) is 18.2 Å². The molecule has 164 valence electrons. The molecule has 0 aliphatic heterocycles. The number of rotatable bonds is 6. The van der Waals surface area contributed by atoms with Gasteiger partial charge in [0, 0.05) is 17.6 Å². The summed E-state index contributed by atoms with van der Waals surface area (Å²) in [6, 6.07) is 8.49. The summed E-state index contributed by atoms with van der Waals surface area (Å²) in [7, 11) is 0. The minimum absolute atomic E-state index is 0.0290. The standard InChI is InChI=1S/C20H15F6N3O2/c1-2-31-17-5-3-15(4-6-17)29-18(30)12(10-27)11-28-16-8-13(19(21,22)23)7-14(9-16)20(24,25)26/h3-9,11,28H,2H2,1H3,(H,29,30)/b12-11-. The van der Waals surface area contributed by atoms with Crippen molar-refractivity contribution in [3.63, 3.8) is 0 Å². The Hall–Kier alpha value is -3.68. The van der Waals surface area contributed by atoms with Crippen molar-refractivity contribution in [3.8, 4) is 11.8 Å². The average Bonchev–Trinajstić information content (AvgIpc) is 2.68. The number of carbonyl (C=O) groups is 1. The smallest absolute Gasteiger partial charge is 0.416 e. The highest BCUT2D eigenvalue weighted by atomic mass is 19.4. The lowest BCUT2D eigenvalue weighted by Crippen LogP contribution is -2.15. The molecule has 2 rings (SSSR count). The third-order valence-electron chi connectivity index (χ3n) is 3.76. The first kappa shape index (κ1) is 23.6. The van der Waals surface area contributed by atoms with Crippen molar-refractivity contribution in [1.82, 2.24) is 0 Å². The van der Waals surface area contributed by atoms with E-state index < -0.39 is 40.6 Å². The second kappa shape index (κ2) is 9.42. The minimum Gasteiger partial charge on any atom is -0.494 e. The van der Waals surface area contributed by atoms with E-state index in [0.29, 0.717) is 30.2 Å². The summed E-state index contributed by atoms with van der Waals surface area (Å²) < 4.78 is 82.7. The van der Waals surface area contributed by atoms with Gasteiger partial charge in [0.25, 0.3) is 5.91 Å². The van der Waals surface area contributed by atoms with Gasteiger partial charge in [0.2, 0.25) is 0 Å². The number of ether oxygens (including phenoxy) is 1. The highest BCUT2D eigenvalue weighted by Gasteiger charge is 2.36. The fourth-order valence-corrected chi connectivity index (χ4v) is 2.34. The van der Waals surface area contributed by atoms with Crippen molar-refractivity contribution in [2.24, 2.45) is 0 Å². The van der Waals surface area contributed by atoms with Crippen LogP contribution >= 0.6 is 0 Å². The number of nitrogens with zero attached hydrogens (tertiary/aromatic N) is 1. The molecule has 0 saturated carbocycles. The van der Waals surface area contributed by atoms with Crippen molar-refractivity contribution < 1.29 is 35.9 Å². The summed E-state index contributed by atoms with van der Waals surface area (Å²) in [6.45, 7) is 2.22. The van der Waals surface area contributed by atoms with Crippen LogP contribution < -0.4 is 15.4 Å². The van der Waals surface area contributed by atoms with Crippen LogP contribution in [0.5, 0.6) is 5.75 Å². The van der Waals surface area contributed by atoms with Gasteiger partial charge in [-0.3, -0.25) is 4.79 Å². The van der Waals surface area contributed by atoms with E-state index in [1.807, 2.05) is 0 Å². The Bertz CT molecular complexity index is 973. The summed E-state index contributed by atoms with van der Waals surface area (Å²) in [4.78, 5) is 12.2. The largest absolute Gasteiger partial charge is 0.494 e. The van der Waals surface area contributed by atoms with E-state index >= 15 is 0 Å². The topological polar surface area (TPSA) is 74.1 Å². The van der Waals surface area contributed by atoms with Crippen molar-refractivity contribution in [1.29, 1.82) is 5.26 Å². The van der Waals surface area contributed by atoms with Crippen LogP contribution in [-0.2, 0) is 17.1 Å². The van der Waals surface area contributed by atoms with Gasteiger partial charge in [0.15, 0.2) is 0 Å². The molecule has 0 unspecified atom stereocenters. The van der Waals surface area contributed by atoms with Crippen LogP contribution in [0.2, 0.25) is 0 Å². The third-order valence-corrected chi connectivity index (χ3v) is 3.76. The maximum atomic E-state index is 12.9. The molecule has 0 aromatic heterocycles. The summed E-state index contributed by atoms with van der Waals surface area (Å²) in [5.41, 5.74) is -3.93. The van der Waals surface area contributed by atoms with Crippen molar-refractivity contribution in [3.05, 3.63) is 65.4 Å². The number of nitriles is 1. The lowest BCUT2D eigenvalue weighted by atomic mass is 10.1. The molecule has 0 saturated heterocycles. The highest BCUT2D eigenvalue weighted by Crippen LogP contribution is 2.37. The predicted octanol–water partition coefficient (Wildman–Crippen LogP) is 5.58. The van der Waals surface area contributed by atoms with Gasteiger partial charge >= 0.3 is 12.4 Å². The van der Waals surface area contributed by atoms with Gasteiger partial charge in [-0.2, -0.15) is 31.6 Å². The zero-order valence-electron chi connectivity index (χ0n) is 15.9. The first-order valence-electron chi connectivity index (χ1n) is 8.64. The van der Waals surface area contributed by atoms with Crippen LogP contribution in [0.25, 0.3) is 0 Å². The van der Waals surface area contributed by atoms with Crippen LogP contribution in [0.15, 0.2) is 54.2 Å². The van der Waals surface area contributed by atoms with Crippen LogP contribution in [-0.4, -0.2) is 12.5 Å². The number of amides is 1. The van der Waals surface area contributed by atoms with Crippen molar-refractivity contribution in [2.75, 3.05) is 17.2 Å². The van der Waals surface area contributed by atoms with Crippen LogP contribution in [0, 0.1) is 11.3 Å². The molecule has 0 fully saturated rings. The number of anilines is 2. The Morgan fingerprint density at radius 2 is 1.55 bits per heavy atom. The maximum Gasteiger partial charge on any atom is 0.416 e. The van der Waals surface area contributed by atoms with E-state index in [0.717, 1.165) is 6.20 Å². The van der Waals surface area contributed by atoms with Crippen LogP contribution in [0.4, 0.5) is 37.7 Å². The Labute approximate surface area is 172 Å². The molecule has 0 atom stereocenters. The lowest BCUT2D eigenvalue weighted by molar-refractivity contribution is -0.143. The Morgan fingerprint density at radius 1 is 1.00 bits per heavy atom. The molecule has 0 aliphatic carbocycles. The predicted molar refractivity (Wildman–Crippen MR) is 100 cm³/mol. The first-order chi connectivity index (χ1) is 14.4. The van der Waals surface area contributed by atoms with Gasteiger partial charge in [0.1, 0.15) is 17.4 Å². The van der Waals surface area contributed by atoms with E-state index in [2.05, 4.69) is 10.6 Å². The van der Waals surface area contributed by atoms with Crippen molar-refractivity contribution in [2.45, 2.75) is 19.3 Å². The molecule has 11 heteroatoms. The molecule has 2 aromatic rings. The molecule has 1 amide bonds. The fourth-order valence-electron chi connectivity index (χ4n) is 2.34. The third kappa shape index (κ3) is 6.67. The van der Waals surface area contributed by atoms with E-state index in [4.69, 9.17) is 10.00 Å². The second-order valence-corrected chi connectivity index (χ2v) is 6.02. The molecule has 0 spiro atoms. The summed E-state index contributed by atoms with van der Waals surface area (Å²) in [6.07, 6.45) is -9.32. The zero-order valence-corrected chi connectivity index (χ0v) is 15.9.